The molecule has 6 heteroatoms. The fourth-order valence-corrected chi connectivity index (χ4v) is 2.11. The van der Waals surface area contributed by atoms with Gasteiger partial charge in [-0.05, 0) is 17.5 Å². The van der Waals surface area contributed by atoms with Gasteiger partial charge >= 0.3 is 5.97 Å². The first-order valence-corrected chi connectivity index (χ1v) is 7.08. The fourth-order valence-electron chi connectivity index (χ4n) is 1.72. The number of nitrogens with two attached hydrogens (primary N) is 1. The summed E-state index contributed by atoms with van der Waals surface area (Å²) in [5.41, 5.74) is 7.43. The topological polar surface area (TPSA) is 75.3 Å². The van der Waals surface area contributed by atoms with Crippen molar-refractivity contribution in [1.29, 1.82) is 0 Å². The van der Waals surface area contributed by atoms with Crippen molar-refractivity contribution in [2.75, 3.05) is 18.3 Å². The molecule has 0 heterocycles. The highest BCUT2D eigenvalue weighted by Crippen LogP contribution is 2.16. The summed E-state index contributed by atoms with van der Waals surface area (Å²) in [7, 11) is 0. The van der Waals surface area contributed by atoms with Crippen molar-refractivity contribution in [3.8, 4) is 0 Å². The Kier molecular flexibility index (Phi) is 7.16. The van der Waals surface area contributed by atoms with Crippen LogP contribution in [0.2, 0.25) is 0 Å². The van der Waals surface area contributed by atoms with E-state index in [1.54, 1.807) is 0 Å². The monoisotopic (exact) mass is 304 g/mol. The Morgan fingerprint density at radius 2 is 1.95 bits per heavy atom. The molecule has 106 valence electrons. The molecule has 0 fully saturated rings. The van der Waals surface area contributed by atoms with E-state index in [1.807, 2.05) is 24.3 Å². The third-order valence-corrected chi connectivity index (χ3v) is 3.29. The summed E-state index contributed by atoms with van der Waals surface area (Å²) < 4.78 is 0. The van der Waals surface area contributed by atoms with Crippen LogP contribution in [-0.4, -0.2) is 35.4 Å². The molecule has 1 aromatic rings. The fraction of sp³-hybridized carbons (Fsp3) is 0.462. The van der Waals surface area contributed by atoms with Gasteiger partial charge in [0, 0.05) is 24.3 Å². The normalized spacial score (nSPS) is 14.1. The van der Waals surface area contributed by atoms with Crippen LogP contribution in [0.25, 0.3) is 0 Å². The second kappa shape index (κ2) is 8.38. The Hall–Kier alpha value is -0.810. The summed E-state index contributed by atoms with van der Waals surface area (Å²) >= 11 is 11.5. The van der Waals surface area contributed by atoms with E-state index in [4.69, 9.17) is 34.0 Å². The summed E-state index contributed by atoms with van der Waals surface area (Å²) in [6.45, 7) is 0.685. The third-order valence-electron chi connectivity index (χ3n) is 2.79. The molecule has 4 nitrogen and oxygen atoms in total. The summed E-state index contributed by atoms with van der Waals surface area (Å²) in [4.78, 5) is 10.7. The maximum Gasteiger partial charge on any atom is 0.320 e. The number of hydrogen-bond acceptors (Lipinski definition) is 3. The molecule has 4 N–H and O–H groups in total. The Balaban J connectivity index is 2.66. The minimum absolute atomic E-state index is 0.0441. The highest BCUT2D eigenvalue weighted by molar-refractivity contribution is 6.18. The van der Waals surface area contributed by atoms with E-state index in [0.717, 1.165) is 11.1 Å². The van der Waals surface area contributed by atoms with Crippen LogP contribution in [0.3, 0.4) is 0 Å². The van der Waals surface area contributed by atoms with Crippen molar-refractivity contribution in [2.45, 2.75) is 18.5 Å². The largest absolute Gasteiger partial charge is 0.480 e. The predicted octanol–water partition coefficient (Wildman–Crippen LogP) is 1.75. The van der Waals surface area contributed by atoms with E-state index in [0.29, 0.717) is 24.7 Å². The Labute approximate surface area is 122 Å². The predicted molar refractivity (Wildman–Crippen MR) is 77.9 cm³/mol. The van der Waals surface area contributed by atoms with Crippen molar-refractivity contribution in [3.63, 3.8) is 0 Å². The molecule has 1 rings (SSSR count). The van der Waals surface area contributed by atoms with Crippen LogP contribution in [0.15, 0.2) is 24.3 Å². The first-order chi connectivity index (χ1) is 9.08. The van der Waals surface area contributed by atoms with Gasteiger partial charge in [-0.3, -0.25) is 4.79 Å². The van der Waals surface area contributed by atoms with Gasteiger partial charge in [-0.25, -0.2) is 0 Å². The number of carboxylic acid groups (broad SMARTS) is 1. The van der Waals surface area contributed by atoms with Crippen molar-refractivity contribution in [3.05, 3.63) is 35.4 Å². The molecule has 0 aliphatic rings. The number of carboxylic acids is 1. The molecular formula is C13H18Cl2N2O2. The van der Waals surface area contributed by atoms with Crippen molar-refractivity contribution >= 4 is 29.2 Å². The number of aliphatic carboxylic acids is 1. The standard InChI is InChI=1S/C13H18Cl2N2O2/c14-5-6-17-12(8-15)10-3-1-9(2-4-10)7-11(16)13(18)19/h1-4,11-12,17H,5-8,16H2,(H,18,19)/t11-,12?/m0/s1. The lowest BCUT2D eigenvalue weighted by Gasteiger charge is -2.16. The molecule has 0 aliphatic heterocycles. The van der Waals surface area contributed by atoms with Crippen LogP contribution in [0.5, 0.6) is 0 Å². The maximum atomic E-state index is 10.7. The molecule has 0 radical (unpaired) electrons. The van der Waals surface area contributed by atoms with E-state index in [1.165, 1.54) is 0 Å². The lowest BCUT2D eigenvalue weighted by molar-refractivity contribution is -0.138. The molecule has 19 heavy (non-hydrogen) atoms. The van der Waals surface area contributed by atoms with E-state index in [-0.39, 0.29) is 6.04 Å². The molecule has 1 unspecified atom stereocenters. The molecule has 0 saturated carbocycles. The first kappa shape index (κ1) is 16.2. The van der Waals surface area contributed by atoms with Gasteiger partial charge in [-0.15, -0.1) is 23.2 Å². The van der Waals surface area contributed by atoms with E-state index < -0.39 is 12.0 Å². The second-order valence-corrected chi connectivity index (χ2v) is 4.93. The average Bonchev–Trinajstić information content (AvgIpc) is 2.41. The quantitative estimate of drug-likeness (QED) is 0.640. The number of halogens is 2. The number of nitrogens with one attached hydrogen (secondary N) is 1. The van der Waals surface area contributed by atoms with Crippen LogP contribution < -0.4 is 11.1 Å². The Morgan fingerprint density at radius 3 is 2.42 bits per heavy atom. The minimum Gasteiger partial charge on any atom is -0.480 e. The number of benzene rings is 1. The van der Waals surface area contributed by atoms with Gasteiger partial charge in [0.05, 0.1) is 0 Å². The smallest absolute Gasteiger partial charge is 0.320 e. The first-order valence-electron chi connectivity index (χ1n) is 6.01. The lowest BCUT2D eigenvalue weighted by Crippen LogP contribution is -2.32. The molecule has 0 aliphatic carbocycles. The zero-order chi connectivity index (χ0) is 14.3. The molecule has 0 aromatic heterocycles. The zero-order valence-corrected chi connectivity index (χ0v) is 12.0. The molecule has 0 bridgehead atoms. The van der Waals surface area contributed by atoms with Gasteiger partial charge in [-0.1, -0.05) is 24.3 Å². The number of hydrogen-bond donors (Lipinski definition) is 3. The summed E-state index contributed by atoms with van der Waals surface area (Å²) in [5.74, 6) is -0.0180. The molecule has 0 amide bonds. The summed E-state index contributed by atoms with van der Waals surface area (Å²) in [6.07, 6.45) is 0.316. The highest BCUT2D eigenvalue weighted by atomic mass is 35.5. The van der Waals surface area contributed by atoms with Gasteiger partial charge in [0.25, 0.3) is 0 Å². The molecule has 1 aromatic carbocycles. The molecular weight excluding hydrogens is 287 g/mol. The third kappa shape index (κ3) is 5.37. The van der Waals surface area contributed by atoms with E-state index >= 15 is 0 Å². The maximum absolute atomic E-state index is 10.7. The average molecular weight is 305 g/mol. The van der Waals surface area contributed by atoms with Crippen molar-refractivity contribution < 1.29 is 9.90 Å². The van der Waals surface area contributed by atoms with Gasteiger partial charge in [-0.2, -0.15) is 0 Å². The van der Waals surface area contributed by atoms with Crippen LogP contribution in [0.4, 0.5) is 0 Å². The summed E-state index contributed by atoms with van der Waals surface area (Å²) in [5, 5.41) is 12.0. The van der Waals surface area contributed by atoms with Crippen LogP contribution in [-0.2, 0) is 11.2 Å². The molecule has 0 saturated heterocycles. The SMILES string of the molecule is N[C@@H](Cc1ccc(C(CCl)NCCCl)cc1)C(=O)O. The van der Waals surface area contributed by atoms with Crippen LogP contribution in [0, 0.1) is 0 Å². The Bertz CT molecular complexity index is 398. The summed E-state index contributed by atoms with van der Waals surface area (Å²) in [6, 6.07) is 6.78. The van der Waals surface area contributed by atoms with Crippen LogP contribution >= 0.6 is 23.2 Å². The van der Waals surface area contributed by atoms with Crippen LogP contribution in [0.1, 0.15) is 17.2 Å². The number of carbonyl (C=O) groups is 1. The molecule has 0 spiro atoms. The lowest BCUT2D eigenvalue weighted by atomic mass is 10.0. The van der Waals surface area contributed by atoms with Crippen molar-refractivity contribution in [2.24, 2.45) is 5.73 Å². The van der Waals surface area contributed by atoms with Gasteiger partial charge in [0.15, 0.2) is 0 Å². The number of alkyl halides is 2. The highest BCUT2D eigenvalue weighted by Gasteiger charge is 2.13. The zero-order valence-electron chi connectivity index (χ0n) is 10.5. The van der Waals surface area contributed by atoms with E-state index in [2.05, 4.69) is 5.32 Å². The van der Waals surface area contributed by atoms with E-state index in [9.17, 15) is 4.79 Å². The van der Waals surface area contributed by atoms with Gasteiger partial charge in [0.1, 0.15) is 6.04 Å². The van der Waals surface area contributed by atoms with Crippen molar-refractivity contribution in [1.82, 2.24) is 5.32 Å². The minimum atomic E-state index is -0.994. The second-order valence-electron chi connectivity index (χ2n) is 4.24. The Morgan fingerprint density at radius 1 is 1.32 bits per heavy atom. The van der Waals surface area contributed by atoms with Gasteiger partial charge in [0.2, 0.25) is 0 Å². The number of rotatable bonds is 8. The van der Waals surface area contributed by atoms with Gasteiger partial charge < -0.3 is 16.2 Å². The molecule has 2 atom stereocenters.